The highest BCUT2D eigenvalue weighted by Crippen LogP contribution is 2.44. The van der Waals surface area contributed by atoms with E-state index in [0.29, 0.717) is 0 Å². The van der Waals surface area contributed by atoms with Crippen LogP contribution in [0, 0.1) is 10.1 Å². The summed E-state index contributed by atoms with van der Waals surface area (Å²) in [5.74, 6) is 0. The molecule has 2 aromatic carbocycles. The molecule has 2 unspecified atom stereocenters. The minimum absolute atomic E-state index is 0.259. The topological polar surface area (TPSA) is 67.9 Å². The number of hydrogen-bond acceptors (Lipinski definition) is 4. The second-order valence-electron chi connectivity index (χ2n) is 5.18. The van der Waals surface area contributed by atoms with Crippen LogP contribution >= 0.6 is 0 Å². The lowest BCUT2D eigenvalue weighted by atomic mass is 9.76. The Morgan fingerprint density at radius 3 is 1.90 bits per heavy atom. The highest BCUT2D eigenvalue weighted by molar-refractivity contribution is 5.41. The Morgan fingerprint density at radius 1 is 1.00 bits per heavy atom. The molecule has 1 aliphatic heterocycles. The van der Waals surface area contributed by atoms with Crippen molar-refractivity contribution in [3.05, 3.63) is 81.9 Å². The smallest absolute Gasteiger partial charge is 0.264 e. The summed E-state index contributed by atoms with van der Waals surface area (Å²) in [6.45, 7) is 1.74. The van der Waals surface area contributed by atoms with Gasteiger partial charge in [-0.2, -0.15) is 10.2 Å². The molecule has 1 aliphatic rings. The molecule has 2 aromatic rings. The van der Waals surface area contributed by atoms with E-state index in [9.17, 15) is 10.1 Å². The highest BCUT2D eigenvalue weighted by atomic mass is 16.6. The Kier molecular flexibility index (Phi) is 3.25. The first kappa shape index (κ1) is 13.4. The first-order valence-electron chi connectivity index (χ1n) is 6.83. The number of nitro groups is 1. The predicted octanol–water partition coefficient (Wildman–Crippen LogP) is 3.43. The molecule has 5 heteroatoms. The zero-order chi connectivity index (χ0) is 14.9. The molecule has 3 rings (SSSR count). The van der Waals surface area contributed by atoms with Crippen molar-refractivity contribution in [1.29, 1.82) is 0 Å². The maximum absolute atomic E-state index is 11.7. The van der Waals surface area contributed by atoms with E-state index >= 15 is 0 Å². The number of hydrogen-bond donors (Lipinski definition) is 0. The fourth-order valence-electron chi connectivity index (χ4n) is 2.99. The van der Waals surface area contributed by atoms with Gasteiger partial charge in [0.25, 0.3) is 6.04 Å². The fraction of sp³-hybridized carbons (Fsp3) is 0.250. The van der Waals surface area contributed by atoms with E-state index in [0.717, 1.165) is 11.1 Å². The molecular formula is C16H15N3O2. The molecule has 106 valence electrons. The third kappa shape index (κ3) is 2.01. The number of azo groups is 1. The molecule has 21 heavy (non-hydrogen) atoms. The van der Waals surface area contributed by atoms with Crippen LogP contribution in [0.25, 0.3) is 0 Å². The molecule has 0 saturated heterocycles. The quantitative estimate of drug-likeness (QED) is 0.639. The van der Waals surface area contributed by atoms with E-state index in [1.54, 1.807) is 6.92 Å². The third-order valence-corrected chi connectivity index (χ3v) is 3.94. The Bertz CT molecular complexity index is 631. The highest BCUT2D eigenvalue weighted by Gasteiger charge is 2.57. The Morgan fingerprint density at radius 2 is 1.48 bits per heavy atom. The fourth-order valence-corrected chi connectivity index (χ4v) is 2.99. The zero-order valence-corrected chi connectivity index (χ0v) is 11.6. The molecule has 1 heterocycles. The standard InChI is InChI=1S/C16H15N3O2/c1-12-15(19(20)21)16(18-17-12,13-8-4-2-5-9-13)14-10-6-3-7-11-14/h2-12,15H,1H3. The maximum atomic E-state index is 11.7. The van der Waals surface area contributed by atoms with Crippen LogP contribution in [0.5, 0.6) is 0 Å². The van der Waals surface area contributed by atoms with Gasteiger partial charge in [0.1, 0.15) is 6.04 Å². The first-order chi connectivity index (χ1) is 10.2. The average Bonchev–Trinajstić information content (AvgIpc) is 2.88. The second kappa shape index (κ2) is 5.09. The third-order valence-electron chi connectivity index (χ3n) is 3.94. The molecule has 0 amide bonds. The van der Waals surface area contributed by atoms with Crippen LogP contribution in [0.4, 0.5) is 0 Å². The van der Waals surface area contributed by atoms with Crippen molar-refractivity contribution in [3.63, 3.8) is 0 Å². The lowest BCUT2D eigenvalue weighted by Gasteiger charge is -2.28. The molecule has 0 fully saturated rings. The van der Waals surface area contributed by atoms with Gasteiger partial charge in [0, 0.05) is 4.92 Å². The van der Waals surface area contributed by atoms with Gasteiger partial charge in [-0.25, -0.2) is 0 Å². The van der Waals surface area contributed by atoms with E-state index in [1.807, 2.05) is 60.7 Å². The number of rotatable bonds is 3. The molecule has 0 saturated carbocycles. The van der Waals surface area contributed by atoms with E-state index in [-0.39, 0.29) is 4.92 Å². The number of nitrogens with zero attached hydrogens (tertiary/aromatic N) is 3. The van der Waals surface area contributed by atoms with Crippen LogP contribution in [0.2, 0.25) is 0 Å². The van der Waals surface area contributed by atoms with Gasteiger partial charge in [0.05, 0.1) is 0 Å². The van der Waals surface area contributed by atoms with Crippen LogP contribution in [-0.2, 0) is 5.54 Å². The van der Waals surface area contributed by atoms with Crippen LogP contribution < -0.4 is 0 Å². The van der Waals surface area contributed by atoms with Crippen molar-refractivity contribution in [3.8, 4) is 0 Å². The maximum Gasteiger partial charge on any atom is 0.271 e. The lowest BCUT2D eigenvalue weighted by Crippen LogP contribution is -2.45. The summed E-state index contributed by atoms with van der Waals surface area (Å²) in [7, 11) is 0. The predicted molar refractivity (Wildman–Crippen MR) is 78.8 cm³/mol. The van der Waals surface area contributed by atoms with Crippen LogP contribution in [0.3, 0.4) is 0 Å². The summed E-state index contributed by atoms with van der Waals surface area (Å²) in [6, 6.07) is 17.4. The molecule has 0 radical (unpaired) electrons. The molecular weight excluding hydrogens is 266 g/mol. The average molecular weight is 281 g/mol. The van der Waals surface area contributed by atoms with Crippen molar-refractivity contribution in [2.24, 2.45) is 10.2 Å². The van der Waals surface area contributed by atoms with Crippen LogP contribution in [-0.4, -0.2) is 17.0 Å². The van der Waals surface area contributed by atoms with E-state index in [4.69, 9.17) is 0 Å². The van der Waals surface area contributed by atoms with E-state index < -0.39 is 17.6 Å². The Labute approximate surface area is 122 Å². The van der Waals surface area contributed by atoms with E-state index in [2.05, 4.69) is 10.2 Å². The first-order valence-corrected chi connectivity index (χ1v) is 6.83. The number of benzene rings is 2. The monoisotopic (exact) mass is 281 g/mol. The molecule has 0 bridgehead atoms. The van der Waals surface area contributed by atoms with Gasteiger partial charge in [-0.3, -0.25) is 10.1 Å². The van der Waals surface area contributed by atoms with Crippen molar-refractivity contribution in [2.75, 3.05) is 0 Å². The Hall–Kier alpha value is -2.56. The SMILES string of the molecule is CC1N=NC(c2ccccc2)(c2ccccc2)C1[N+](=O)[O-]. The summed E-state index contributed by atoms with van der Waals surface area (Å²) in [5, 5.41) is 20.2. The van der Waals surface area contributed by atoms with Gasteiger partial charge in [0.15, 0.2) is 0 Å². The minimum Gasteiger partial charge on any atom is -0.264 e. The molecule has 5 nitrogen and oxygen atoms in total. The van der Waals surface area contributed by atoms with Gasteiger partial charge in [-0.1, -0.05) is 60.7 Å². The summed E-state index contributed by atoms with van der Waals surface area (Å²) in [6.07, 6.45) is 0. The van der Waals surface area contributed by atoms with Gasteiger partial charge in [-0.05, 0) is 18.1 Å². The van der Waals surface area contributed by atoms with Gasteiger partial charge in [0.2, 0.25) is 5.54 Å². The van der Waals surface area contributed by atoms with Crippen molar-refractivity contribution in [1.82, 2.24) is 0 Å². The molecule has 0 N–H and O–H groups in total. The van der Waals surface area contributed by atoms with Gasteiger partial charge >= 0.3 is 0 Å². The molecule has 2 atom stereocenters. The minimum atomic E-state index is -1.05. The summed E-state index contributed by atoms with van der Waals surface area (Å²) < 4.78 is 0. The normalized spacial score (nSPS) is 23.1. The lowest BCUT2D eigenvalue weighted by molar-refractivity contribution is -0.532. The van der Waals surface area contributed by atoms with E-state index in [1.165, 1.54) is 0 Å². The molecule has 0 aromatic heterocycles. The van der Waals surface area contributed by atoms with Gasteiger partial charge < -0.3 is 0 Å². The zero-order valence-electron chi connectivity index (χ0n) is 11.6. The summed E-state index contributed by atoms with van der Waals surface area (Å²) in [5.41, 5.74) is 0.544. The Balaban J connectivity index is 2.26. The largest absolute Gasteiger partial charge is 0.271 e. The van der Waals surface area contributed by atoms with Crippen LogP contribution in [0.1, 0.15) is 18.1 Å². The summed E-state index contributed by atoms with van der Waals surface area (Å²) >= 11 is 0. The van der Waals surface area contributed by atoms with Crippen molar-refractivity contribution in [2.45, 2.75) is 24.5 Å². The second-order valence-corrected chi connectivity index (χ2v) is 5.18. The van der Waals surface area contributed by atoms with Crippen LogP contribution in [0.15, 0.2) is 70.9 Å². The van der Waals surface area contributed by atoms with Crippen molar-refractivity contribution < 1.29 is 4.92 Å². The molecule has 0 aliphatic carbocycles. The molecule has 0 spiro atoms. The van der Waals surface area contributed by atoms with Gasteiger partial charge in [-0.15, -0.1) is 0 Å². The summed E-state index contributed by atoms with van der Waals surface area (Å²) in [4.78, 5) is 11.4. The van der Waals surface area contributed by atoms with Crippen molar-refractivity contribution >= 4 is 0 Å².